The van der Waals surface area contributed by atoms with E-state index in [0.717, 1.165) is 26.2 Å². The Bertz CT molecular complexity index is 270. The molecule has 1 saturated heterocycles. The van der Waals surface area contributed by atoms with Gasteiger partial charge in [-0.25, -0.2) is 0 Å². The van der Waals surface area contributed by atoms with Gasteiger partial charge in [0, 0.05) is 17.3 Å². The lowest BCUT2D eigenvalue weighted by Crippen LogP contribution is -2.25. The molecule has 0 aliphatic carbocycles. The maximum Gasteiger partial charge on any atom is 0.159 e. The Hall–Kier alpha value is -0.420. The van der Waals surface area contributed by atoms with Crippen LogP contribution in [-0.2, 0) is 9.47 Å². The van der Waals surface area contributed by atoms with Crippen LogP contribution in [0.15, 0.2) is 17.5 Å². The van der Waals surface area contributed by atoms with Crippen molar-refractivity contribution in [2.75, 3.05) is 19.8 Å². The number of rotatable bonds is 5. The minimum atomic E-state index is -0.0313. The van der Waals surface area contributed by atoms with Crippen molar-refractivity contribution >= 4 is 11.3 Å². The lowest BCUT2D eigenvalue weighted by Gasteiger charge is -2.19. The van der Waals surface area contributed by atoms with E-state index in [9.17, 15) is 0 Å². The SMILES string of the molecule is CCNC(CC1OCCO1)c1cccs1. The van der Waals surface area contributed by atoms with Gasteiger partial charge in [0.15, 0.2) is 6.29 Å². The van der Waals surface area contributed by atoms with Gasteiger partial charge in [0.25, 0.3) is 0 Å². The van der Waals surface area contributed by atoms with Gasteiger partial charge in [0.2, 0.25) is 0 Å². The van der Waals surface area contributed by atoms with Gasteiger partial charge in [-0.1, -0.05) is 13.0 Å². The summed E-state index contributed by atoms with van der Waals surface area (Å²) in [5, 5.41) is 5.57. The second-order valence-electron chi connectivity index (χ2n) is 3.53. The standard InChI is InChI=1S/C11H17NO2S/c1-2-12-9(10-4-3-7-15-10)8-11-13-5-6-14-11/h3-4,7,9,11-12H,2,5-6,8H2,1H3. The van der Waals surface area contributed by atoms with Gasteiger partial charge in [-0.05, 0) is 18.0 Å². The Morgan fingerprint density at radius 3 is 2.93 bits per heavy atom. The lowest BCUT2D eigenvalue weighted by molar-refractivity contribution is -0.0527. The Morgan fingerprint density at radius 1 is 1.53 bits per heavy atom. The van der Waals surface area contributed by atoms with Crippen LogP contribution in [0.1, 0.15) is 24.3 Å². The van der Waals surface area contributed by atoms with Gasteiger partial charge < -0.3 is 14.8 Å². The second-order valence-corrected chi connectivity index (χ2v) is 4.51. The van der Waals surface area contributed by atoms with Crippen molar-refractivity contribution in [2.24, 2.45) is 0 Å². The maximum absolute atomic E-state index is 5.47. The van der Waals surface area contributed by atoms with Gasteiger partial charge in [-0.2, -0.15) is 0 Å². The highest BCUT2D eigenvalue weighted by atomic mass is 32.1. The van der Waals surface area contributed by atoms with Crippen molar-refractivity contribution in [3.63, 3.8) is 0 Å². The number of nitrogens with one attached hydrogen (secondary N) is 1. The van der Waals surface area contributed by atoms with E-state index in [-0.39, 0.29) is 6.29 Å². The van der Waals surface area contributed by atoms with E-state index < -0.39 is 0 Å². The number of hydrogen-bond acceptors (Lipinski definition) is 4. The Balaban J connectivity index is 1.93. The molecule has 2 heterocycles. The topological polar surface area (TPSA) is 30.5 Å². The van der Waals surface area contributed by atoms with E-state index in [0.29, 0.717) is 6.04 Å². The maximum atomic E-state index is 5.47. The molecule has 84 valence electrons. The summed E-state index contributed by atoms with van der Waals surface area (Å²) in [4.78, 5) is 1.36. The van der Waals surface area contributed by atoms with Crippen LogP contribution >= 0.6 is 11.3 Å². The molecule has 0 radical (unpaired) electrons. The molecule has 0 aromatic carbocycles. The predicted molar refractivity (Wildman–Crippen MR) is 61.0 cm³/mol. The molecule has 0 spiro atoms. The van der Waals surface area contributed by atoms with E-state index in [4.69, 9.17) is 9.47 Å². The Kier molecular flexibility index (Phi) is 4.14. The summed E-state index contributed by atoms with van der Waals surface area (Å²) in [6.45, 7) is 4.55. The summed E-state index contributed by atoms with van der Waals surface area (Å²) in [6.07, 6.45) is 0.866. The van der Waals surface area contributed by atoms with Crippen LogP contribution < -0.4 is 5.32 Å². The highest BCUT2D eigenvalue weighted by molar-refractivity contribution is 7.10. The van der Waals surface area contributed by atoms with Crippen molar-refractivity contribution < 1.29 is 9.47 Å². The van der Waals surface area contributed by atoms with Gasteiger partial charge in [-0.15, -0.1) is 11.3 Å². The van der Waals surface area contributed by atoms with E-state index >= 15 is 0 Å². The zero-order valence-corrected chi connectivity index (χ0v) is 9.76. The molecule has 1 fully saturated rings. The molecule has 1 aliphatic rings. The van der Waals surface area contributed by atoms with Gasteiger partial charge in [0.1, 0.15) is 0 Å². The highest BCUT2D eigenvalue weighted by Crippen LogP contribution is 2.25. The van der Waals surface area contributed by atoms with E-state index in [1.807, 2.05) is 0 Å². The number of hydrogen-bond donors (Lipinski definition) is 1. The first-order chi connectivity index (χ1) is 7.40. The fourth-order valence-electron chi connectivity index (χ4n) is 1.77. The zero-order valence-electron chi connectivity index (χ0n) is 8.94. The van der Waals surface area contributed by atoms with Crippen LogP contribution in [0.4, 0.5) is 0 Å². The van der Waals surface area contributed by atoms with Crippen LogP contribution in [0, 0.1) is 0 Å². The highest BCUT2D eigenvalue weighted by Gasteiger charge is 2.22. The summed E-state index contributed by atoms with van der Waals surface area (Å²) >= 11 is 1.78. The number of ether oxygens (including phenoxy) is 2. The molecule has 1 aromatic heterocycles. The summed E-state index contributed by atoms with van der Waals surface area (Å²) in [6, 6.07) is 4.60. The fourth-order valence-corrected chi connectivity index (χ4v) is 2.59. The van der Waals surface area contributed by atoms with Crippen LogP contribution in [0.3, 0.4) is 0 Å². The van der Waals surface area contributed by atoms with E-state index in [1.165, 1.54) is 4.88 Å². The average Bonchev–Trinajstić information content (AvgIpc) is 2.89. The molecule has 1 unspecified atom stereocenters. The van der Waals surface area contributed by atoms with Crippen molar-refractivity contribution in [1.29, 1.82) is 0 Å². The first-order valence-electron chi connectivity index (χ1n) is 5.40. The first kappa shape index (κ1) is 11.1. The number of thiophene rings is 1. The van der Waals surface area contributed by atoms with Gasteiger partial charge in [0.05, 0.1) is 13.2 Å². The molecule has 0 saturated carbocycles. The monoisotopic (exact) mass is 227 g/mol. The van der Waals surface area contributed by atoms with Crippen molar-refractivity contribution in [1.82, 2.24) is 5.32 Å². The van der Waals surface area contributed by atoms with Crippen LogP contribution in [0.2, 0.25) is 0 Å². The normalized spacial score (nSPS) is 19.5. The van der Waals surface area contributed by atoms with E-state index in [1.54, 1.807) is 11.3 Å². The molecule has 1 aliphatic heterocycles. The largest absolute Gasteiger partial charge is 0.350 e. The predicted octanol–water partition coefficient (Wildman–Crippen LogP) is 2.16. The molecular weight excluding hydrogens is 210 g/mol. The lowest BCUT2D eigenvalue weighted by atomic mass is 10.1. The van der Waals surface area contributed by atoms with Crippen LogP contribution in [-0.4, -0.2) is 26.0 Å². The second kappa shape index (κ2) is 5.61. The molecule has 1 N–H and O–H groups in total. The van der Waals surface area contributed by atoms with E-state index in [2.05, 4.69) is 29.8 Å². The summed E-state index contributed by atoms with van der Waals surface area (Å²) in [5.74, 6) is 0. The molecule has 0 bridgehead atoms. The van der Waals surface area contributed by atoms with Crippen molar-refractivity contribution in [3.8, 4) is 0 Å². The average molecular weight is 227 g/mol. The van der Waals surface area contributed by atoms with Crippen molar-refractivity contribution in [2.45, 2.75) is 25.7 Å². The smallest absolute Gasteiger partial charge is 0.159 e. The molecule has 15 heavy (non-hydrogen) atoms. The molecule has 3 nitrogen and oxygen atoms in total. The summed E-state index contributed by atoms with van der Waals surface area (Å²) in [5.41, 5.74) is 0. The van der Waals surface area contributed by atoms with Crippen LogP contribution in [0.25, 0.3) is 0 Å². The molecule has 1 aromatic rings. The zero-order chi connectivity index (χ0) is 10.5. The van der Waals surface area contributed by atoms with Gasteiger partial charge in [-0.3, -0.25) is 0 Å². The minimum absolute atomic E-state index is 0.0313. The fraction of sp³-hybridized carbons (Fsp3) is 0.636. The first-order valence-corrected chi connectivity index (χ1v) is 6.28. The third-order valence-electron chi connectivity index (χ3n) is 2.46. The Morgan fingerprint density at radius 2 is 2.33 bits per heavy atom. The minimum Gasteiger partial charge on any atom is -0.350 e. The summed E-state index contributed by atoms with van der Waals surface area (Å²) in [7, 11) is 0. The molecule has 4 heteroatoms. The Labute approximate surface area is 94.4 Å². The molecule has 0 amide bonds. The van der Waals surface area contributed by atoms with Crippen LogP contribution in [0.5, 0.6) is 0 Å². The third-order valence-corrected chi connectivity index (χ3v) is 3.44. The molecule has 2 rings (SSSR count). The van der Waals surface area contributed by atoms with Gasteiger partial charge >= 0.3 is 0 Å². The molecular formula is C11H17NO2S. The summed E-state index contributed by atoms with van der Waals surface area (Å²) < 4.78 is 10.9. The third kappa shape index (κ3) is 3.01. The molecule has 1 atom stereocenters. The van der Waals surface area contributed by atoms with Crippen molar-refractivity contribution in [3.05, 3.63) is 22.4 Å². The quantitative estimate of drug-likeness (QED) is 0.836.